The van der Waals surface area contributed by atoms with Crippen molar-refractivity contribution >= 4 is 15.9 Å². The molecule has 0 saturated carbocycles. The Morgan fingerprint density at radius 2 is 1.94 bits per heavy atom. The number of rotatable bonds is 3. The van der Waals surface area contributed by atoms with E-state index in [1.54, 1.807) is 24.5 Å². The summed E-state index contributed by atoms with van der Waals surface area (Å²) in [7, 11) is 0. The lowest BCUT2D eigenvalue weighted by molar-refractivity contribution is 0.618. The fraction of sp³-hybridized carbons (Fsp3) is 0.154. The summed E-state index contributed by atoms with van der Waals surface area (Å²) in [4.78, 5) is 3.95. The van der Waals surface area contributed by atoms with E-state index >= 15 is 0 Å². The Bertz CT molecular complexity index is 502. The lowest BCUT2D eigenvalue weighted by atomic mass is 10.0. The minimum absolute atomic E-state index is 0.102. The Hall–Kier alpha value is -1.26. The van der Waals surface area contributed by atoms with Gasteiger partial charge in [-0.1, -0.05) is 6.07 Å². The number of nitrogens with zero attached hydrogens (tertiary/aromatic N) is 1. The van der Waals surface area contributed by atoms with Gasteiger partial charge in [-0.2, -0.15) is 0 Å². The molecule has 88 valence electrons. The zero-order valence-electron chi connectivity index (χ0n) is 9.11. The van der Waals surface area contributed by atoms with Crippen molar-refractivity contribution in [1.82, 2.24) is 4.98 Å². The molecule has 2 nitrogen and oxygen atoms in total. The van der Waals surface area contributed by atoms with Crippen molar-refractivity contribution in [3.05, 3.63) is 64.1 Å². The average molecular weight is 295 g/mol. The first-order valence-corrected chi connectivity index (χ1v) is 6.05. The standard InChI is InChI=1S/C13H12BrFN2/c14-11-7-9(1-2-12(11)15)8-13(16)10-3-5-17-6-4-10/h1-7,13H,8,16H2. The lowest BCUT2D eigenvalue weighted by Crippen LogP contribution is -2.13. The Labute approximate surface area is 108 Å². The smallest absolute Gasteiger partial charge is 0.137 e. The van der Waals surface area contributed by atoms with E-state index in [9.17, 15) is 4.39 Å². The van der Waals surface area contributed by atoms with Crippen LogP contribution in [0.1, 0.15) is 17.2 Å². The van der Waals surface area contributed by atoms with Crippen molar-refractivity contribution in [3.63, 3.8) is 0 Å². The molecule has 0 bridgehead atoms. The maximum atomic E-state index is 13.1. The molecule has 2 N–H and O–H groups in total. The second-order valence-electron chi connectivity index (χ2n) is 3.84. The van der Waals surface area contributed by atoms with Crippen LogP contribution in [0.25, 0.3) is 0 Å². The van der Waals surface area contributed by atoms with Gasteiger partial charge in [0.1, 0.15) is 5.82 Å². The number of hydrogen-bond donors (Lipinski definition) is 1. The minimum atomic E-state index is -0.258. The largest absolute Gasteiger partial charge is 0.324 e. The molecule has 1 aromatic carbocycles. The van der Waals surface area contributed by atoms with Crippen molar-refractivity contribution in [3.8, 4) is 0 Å². The highest BCUT2D eigenvalue weighted by molar-refractivity contribution is 9.10. The molecule has 0 saturated heterocycles. The first-order chi connectivity index (χ1) is 8.16. The summed E-state index contributed by atoms with van der Waals surface area (Å²) < 4.78 is 13.5. The Balaban J connectivity index is 2.13. The molecule has 2 rings (SSSR count). The van der Waals surface area contributed by atoms with Crippen molar-refractivity contribution in [2.45, 2.75) is 12.5 Å². The number of benzene rings is 1. The van der Waals surface area contributed by atoms with Gasteiger partial charge in [0.2, 0.25) is 0 Å². The number of hydrogen-bond acceptors (Lipinski definition) is 2. The molecule has 0 radical (unpaired) electrons. The molecule has 0 amide bonds. The first kappa shape index (κ1) is 12.2. The van der Waals surface area contributed by atoms with Crippen LogP contribution in [0.3, 0.4) is 0 Å². The summed E-state index contributed by atoms with van der Waals surface area (Å²) in [6.07, 6.45) is 4.11. The number of halogens is 2. The molecule has 1 unspecified atom stereocenters. The molecule has 2 aromatic rings. The predicted octanol–water partition coefficient (Wildman–Crippen LogP) is 3.23. The summed E-state index contributed by atoms with van der Waals surface area (Å²) in [6, 6.07) is 8.64. The van der Waals surface area contributed by atoms with Gasteiger partial charge >= 0.3 is 0 Å². The van der Waals surface area contributed by atoms with Crippen LogP contribution in [-0.2, 0) is 6.42 Å². The van der Waals surface area contributed by atoms with E-state index in [0.29, 0.717) is 10.9 Å². The summed E-state index contributed by atoms with van der Waals surface area (Å²) >= 11 is 3.17. The van der Waals surface area contributed by atoms with Crippen molar-refractivity contribution in [2.75, 3.05) is 0 Å². The molecule has 0 aliphatic heterocycles. The quantitative estimate of drug-likeness (QED) is 0.944. The fourth-order valence-corrected chi connectivity index (χ4v) is 2.08. The first-order valence-electron chi connectivity index (χ1n) is 5.26. The van der Waals surface area contributed by atoms with Gasteiger partial charge in [-0.15, -0.1) is 0 Å². The van der Waals surface area contributed by atoms with Gasteiger partial charge in [0.25, 0.3) is 0 Å². The molecular weight excluding hydrogens is 283 g/mol. The number of pyridine rings is 1. The van der Waals surface area contributed by atoms with Crippen LogP contribution in [0.5, 0.6) is 0 Å². The van der Waals surface area contributed by atoms with Crippen LogP contribution >= 0.6 is 15.9 Å². The highest BCUT2D eigenvalue weighted by atomic mass is 79.9. The summed E-state index contributed by atoms with van der Waals surface area (Å²) in [5.41, 5.74) is 8.11. The van der Waals surface area contributed by atoms with Crippen LogP contribution < -0.4 is 5.73 Å². The third-order valence-electron chi connectivity index (χ3n) is 2.57. The van der Waals surface area contributed by atoms with Crippen LogP contribution in [-0.4, -0.2) is 4.98 Å². The van der Waals surface area contributed by atoms with E-state index in [4.69, 9.17) is 5.73 Å². The van der Waals surface area contributed by atoms with Crippen LogP contribution in [0, 0.1) is 5.82 Å². The molecule has 0 aliphatic carbocycles. The van der Waals surface area contributed by atoms with Crippen LogP contribution in [0.15, 0.2) is 47.2 Å². The summed E-state index contributed by atoms with van der Waals surface area (Å²) in [6.45, 7) is 0. The van der Waals surface area contributed by atoms with E-state index < -0.39 is 0 Å². The highest BCUT2D eigenvalue weighted by Gasteiger charge is 2.08. The molecule has 1 heterocycles. The van der Waals surface area contributed by atoms with Gasteiger partial charge in [-0.25, -0.2) is 4.39 Å². The van der Waals surface area contributed by atoms with Gasteiger partial charge in [0.05, 0.1) is 4.47 Å². The van der Waals surface area contributed by atoms with Crippen molar-refractivity contribution < 1.29 is 4.39 Å². The molecule has 1 aromatic heterocycles. The van der Waals surface area contributed by atoms with E-state index in [0.717, 1.165) is 11.1 Å². The normalized spacial score (nSPS) is 12.4. The summed E-state index contributed by atoms with van der Waals surface area (Å²) in [5.74, 6) is -0.258. The highest BCUT2D eigenvalue weighted by Crippen LogP contribution is 2.20. The van der Waals surface area contributed by atoms with E-state index in [2.05, 4.69) is 20.9 Å². The Morgan fingerprint density at radius 3 is 2.59 bits per heavy atom. The van der Waals surface area contributed by atoms with Gasteiger partial charge in [-0.3, -0.25) is 4.98 Å². The maximum Gasteiger partial charge on any atom is 0.137 e. The van der Waals surface area contributed by atoms with Gasteiger partial charge < -0.3 is 5.73 Å². The molecule has 4 heteroatoms. The Morgan fingerprint density at radius 1 is 1.24 bits per heavy atom. The van der Waals surface area contributed by atoms with E-state index in [1.165, 1.54) is 6.07 Å². The SMILES string of the molecule is NC(Cc1ccc(F)c(Br)c1)c1ccncc1. The second kappa shape index (κ2) is 5.38. The van der Waals surface area contributed by atoms with E-state index in [-0.39, 0.29) is 11.9 Å². The van der Waals surface area contributed by atoms with Crippen LogP contribution in [0.4, 0.5) is 4.39 Å². The van der Waals surface area contributed by atoms with Gasteiger partial charge in [0, 0.05) is 18.4 Å². The number of nitrogens with two attached hydrogens (primary N) is 1. The molecule has 1 atom stereocenters. The predicted molar refractivity (Wildman–Crippen MR) is 69.0 cm³/mol. The molecule has 0 spiro atoms. The lowest BCUT2D eigenvalue weighted by Gasteiger charge is -2.12. The average Bonchev–Trinajstić information content (AvgIpc) is 2.35. The third kappa shape index (κ3) is 3.11. The van der Waals surface area contributed by atoms with Crippen molar-refractivity contribution in [1.29, 1.82) is 0 Å². The van der Waals surface area contributed by atoms with Crippen LogP contribution in [0.2, 0.25) is 0 Å². The monoisotopic (exact) mass is 294 g/mol. The van der Waals surface area contributed by atoms with Gasteiger partial charge in [0.15, 0.2) is 0 Å². The second-order valence-corrected chi connectivity index (χ2v) is 4.69. The zero-order chi connectivity index (χ0) is 12.3. The fourth-order valence-electron chi connectivity index (χ4n) is 1.65. The topological polar surface area (TPSA) is 38.9 Å². The van der Waals surface area contributed by atoms with Crippen molar-refractivity contribution in [2.24, 2.45) is 5.73 Å². The molecular formula is C13H12BrFN2. The number of aromatic nitrogens is 1. The van der Waals surface area contributed by atoms with Gasteiger partial charge in [-0.05, 0) is 57.7 Å². The minimum Gasteiger partial charge on any atom is -0.324 e. The zero-order valence-corrected chi connectivity index (χ0v) is 10.7. The third-order valence-corrected chi connectivity index (χ3v) is 3.18. The molecule has 17 heavy (non-hydrogen) atoms. The molecule has 0 fully saturated rings. The maximum absolute atomic E-state index is 13.1. The van der Waals surface area contributed by atoms with E-state index in [1.807, 2.05) is 12.1 Å². The summed E-state index contributed by atoms with van der Waals surface area (Å²) in [5, 5.41) is 0. The Kier molecular flexibility index (Phi) is 3.86. The molecule has 0 aliphatic rings.